The number of hydrogen-bond acceptors (Lipinski definition) is 12. The maximum atomic E-state index is 12.8. The van der Waals surface area contributed by atoms with Crippen LogP contribution in [0.1, 0.15) is 232 Å². The Kier molecular flexibility index (Phi) is 39.0. The number of carbonyl (C=O) groups is 2. The van der Waals surface area contributed by atoms with Crippen LogP contribution in [0, 0.1) is 0 Å². The van der Waals surface area contributed by atoms with Crippen LogP contribution in [0.5, 0.6) is 0 Å². The number of unbranched alkanes of at least 4 members (excludes halogenated alkanes) is 28. The van der Waals surface area contributed by atoms with Gasteiger partial charge in [0.2, 0.25) is 0 Å². The number of rotatable bonds is 44. The first-order valence-electron chi connectivity index (χ1n) is 26.1. The summed E-state index contributed by atoms with van der Waals surface area (Å²) in [6, 6.07) is 0. The molecule has 1 rings (SSSR count). The van der Waals surface area contributed by atoms with Gasteiger partial charge in [0, 0.05) is 12.8 Å². The minimum Gasteiger partial charge on any atom is -0.462 e. The zero-order valence-electron chi connectivity index (χ0n) is 40.8. The van der Waals surface area contributed by atoms with Gasteiger partial charge in [-0.25, -0.2) is 4.57 Å². The van der Waals surface area contributed by atoms with Crippen molar-refractivity contribution in [2.45, 2.75) is 275 Å². The Morgan fingerprint density at radius 2 is 0.815 bits per heavy atom. The summed E-state index contributed by atoms with van der Waals surface area (Å²) in [6.45, 7) is 3.30. The molecule has 6 unspecified atom stereocenters. The maximum absolute atomic E-state index is 12.8. The lowest BCUT2D eigenvalue weighted by Gasteiger charge is -2.41. The Hall–Kier alpha value is -1.67. The number of aliphatic hydroxyl groups excluding tert-OH is 5. The molecule has 0 aliphatic heterocycles. The molecular weight excluding hydrogens is 852 g/mol. The third-order valence-electron chi connectivity index (χ3n) is 12.3. The first-order valence-corrected chi connectivity index (χ1v) is 27.6. The second-order valence-electron chi connectivity index (χ2n) is 18.4. The molecule has 65 heavy (non-hydrogen) atoms. The number of phosphoric ester groups is 1. The maximum Gasteiger partial charge on any atom is 0.472 e. The van der Waals surface area contributed by atoms with E-state index in [1.54, 1.807) is 0 Å². The number of aliphatic hydroxyl groups is 5. The van der Waals surface area contributed by atoms with E-state index in [0.717, 1.165) is 32.1 Å². The number of allylic oxidation sites excluding steroid dienone is 4. The highest BCUT2D eigenvalue weighted by atomic mass is 31.2. The highest BCUT2D eigenvalue weighted by Gasteiger charge is 2.51. The molecule has 0 amide bonds. The predicted octanol–water partition coefficient (Wildman–Crippen LogP) is 11.2. The van der Waals surface area contributed by atoms with Crippen molar-refractivity contribution in [2.24, 2.45) is 0 Å². The van der Waals surface area contributed by atoms with Gasteiger partial charge < -0.3 is 39.9 Å². The first-order chi connectivity index (χ1) is 31.4. The van der Waals surface area contributed by atoms with Crippen LogP contribution >= 0.6 is 7.82 Å². The van der Waals surface area contributed by atoms with E-state index in [2.05, 4.69) is 26.0 Å². The predicted molar refractivity (Wildman–Crippen MR) is 258 cm³/mol. The third-order valence-corrected chi connectivity index (χ3v) is 13.3. The van der Waals surface area contributed by atoms with Gasteiger partial charge in [-0.05, 0) is 51.4 Å². The van der Waals surface area contributed by atoms with Crippen LogP contribution in [-0.2, 0) is 32.7 Å². The standard InChI is InChI=1S/C51H95O13P/c1-3-5-7-9-11-13-15-17-19-20-21-22-23-24-26-27-29-31-33-35-37-39-44(52)61-41-43(42-62-65(59,60)64-51-49(57)47(55)46(54)48(56)50(51)58)63-45(53)40-38-36-34-32-30-28-25-18-16-14-12-10-8-6-4-2/h17,19,34,36,43,46-51,54-58H,3-16,18,20-33,35,37-42H2,1-2H3,(H,59,60)/b19-17+,36-34+/t43-,46?,47-,48?,49?,50?,51?/m0/s1. The van der Waals surface area contributed by atoms with Gasteiger partial charge in [0.25, 0.3) is 0 Å². The summed E-state index contributed by atoms with van der Waals surface area (Å²) >= 11 is 0. The molecular formula is C51H95O13P. The molecule has 14 heteroatoms. The summed E-state index contributed by atoms with van der Waals surface area (Å²) < 4.78 is 33.6. The van der Waals surface area contributed by atoms with E-state index in [1.807, 2.05) is 12.2 Å². The first kappa shape index (κ1) is 61.3. The van der Waals surface area contributed by atoms with E-state index < -0.39 is 75.7 Å². The summed E-state index contributed by atoms with van der Waals surface area (Å²) in [5.41, 5.74) is 0. The molecule has 0 saturated heterocycles. The van der Waals surface area contributed by atoms with Crippen LogP contribution in [-0.4, -0.2) is 98.3 Å². The molecule has 0 bridgehead atoms. The minimum absolute atomic E-state index is 0.0162. The largest absolute Gasteiger partial charge is 0.472 e. The third kappa shape index (κ3) is 33.5. The molecule has 13 nitrogen and oxygen atoms in total. The zero-order valence-corrected chi connectivity index (χ0v) is 41.7. The molecule has 6 N–H and O–H groups in total. The molecule has 1 aliphatic rings. The van der Waals surface area contributed by atoms with Crippen LogP contribution < -0.4 is 0 Å². The van der Waals surface area contributed by atoms with E-state index in [1.165, 1.54) is 161 Å². The Balaban J connectivity index is 2.38. The molecule has 1 fully saturated rings. The van der Waals surface area contributed by atoms with Gasteiger partial charge in [-0.3, -0.25) is 18.6 Å². The van der Waals surface area contributed by atoms with Gasteiger partial charge in [0.05, 0.1) is 6.61 Å². The molecule has 1 aliphatic carbocycles. The van der Waals surface area contributed by atoms with Crippen molar-refractivity contribution in [1.29, 1.82) is 0 Å². The van der Waals surface area contributed by atoms with E-state index >= 15 is 0 Å². The van der Waals surface area contributed by atoms with Crippen LogP contribution in [0.2, 0.25) is 0 Å². The molecule has 8 atom stereocenters. The average Bonchev–Trinajstić information content (AvgIpc) is 3.29. The Labute approximate surface area is 394 Å². The van der Waals surface area contributed by atoms with Crippen LogP contribution in [0.15, 0.2) is 24.3 Å². The number of phosphoric acid groups is 1. The summed E-state index contributed by atoms with van der Waals surface area (Å²) in [5, 5.41) is 50.2. The Morgan fingerprint density at radius 3 is 1.23 bits per heavy atom. The summed E-state index contributed by atoms with van der Waals surface area (Å²) in [6.07, 6.45) is 33.9. The topological polar surface area (TPSA) is 210 Å². The van der Waals surface area contributed by atoms with Crippen molar-refractivity contribution < 1.29 is 63.1 Å². The van der Waals surface area contributed by atoms with E-state index in [9.17, 15) is 44.6 Å². The molecule has 1 saturated carbocycles. The molecule has 0 aromatic rings. The fourth-order valence-corrected chi connectivity index (χ4v) is 9.04. The smallest absolute Gasteiger partial charge is 0.462 e. The van der Waals surface area contributed by atoms with Crippen LogP contribution in [0.3, 0.4) is 0 Å². The van der Waals surface area contributed by atoms with Gasteiger partial charge >= 0.3 is 19.8 Å². The van der Waals surface area contributed by atoms with Gasteiger partial charge in [-0.2, -0.15) is 0 Å². The highest BCUT2D eigenvalue weighted by Crippen LogP contribution is 2.47. The van der Waals surface area contributed by atoms with Gasteiger partial charge in [-0.15, -0.1) is 0 Å². The molecule has 0 aromatic carbocycles. The van der Waals surface area contributed by atoms with Crippen molar-refractivity contribution in [3.05, 3.63) is 24.3 Å². The highest BCUT2D eigenvalue weighted by molar-refractivity contribution is 7.47. The summed E-state index contributed by atoms with van der Waals surface area (Å²) in [5.74, 6) is -1.15. The second-order valence-corrected chi connectivity index (χ2v) is 19.8. The summed E-state index contributed by atoms with van der Waals surface area (Å²) in [4.78, 5) is 35.8. The van der Waals surface area contributed by atoms with Gasteiger partial charge in [0.15, 0.2) is 6.10 Å². The second kappa shape index (κ2) is 41.3. The van der Waals surface area contributed by atoms with Crippen molar-refractivity contribution in [2.75, 3.05) is 13.2 Å². The average molecular weight is 947 g/mol. The van der Waals surface area contributed by atoms with Crippen molar-refractivity contribution in [1.82, 2.24) is 0 Å². The van der Waals surface area contributed by atoms with Crippen LogP contribution in [0.4, 0.5) is 0 Å². The minimum atomic E-state index is -5.13. The lowest BCUT2D eigenvalue weighted by Crippen LogP contribution is -2.64. The number of hydrogen-bond donors (Lipinski definition) is 6. The fraction of sp³-hybridized carbons (Fsp3) is 0.882. The number of carbonyl (C=O) groups excluding carboxylic acids is 2. The van der Waals surface area contributed by atoms with Gasteiger partial charge in [0.1, 0.15) is 43.2 Å². The Bertz CT molecular complexity index is 1230. The number of ether oxygens (including phenoxy) is 2. The molecule has 0 aromatic heterocycles. The zero-order chi connectivity index (χ0) is 47.8. The van der Waals surface area contributed by atoms with E-state index in [-0.39, 0.29) is 12.8 Å². The van der Waals surface area contributed by atoms with E-state index in [4.69, 9.17) is 18.5 Å². The quantitative estimate of drug-likeness (QED) is 0.0146. The normalized spacial score (nSPS) is 21.5. The van der Waals surface area contributed by atoms with E-state index in [0.29, 0.717) is 12.8 Å². The van der Waals surface area contributed by atoms with Gasteiger partial charge in [-0.1, -0.05) is 192 Å². The van der Waals surface area contributed by atoms with Crippen LogP contribution in [0.25, 0.3) is 0 Å². The monoisotopic (exact) mass is 947 g/mol. The fourth-order valence-electron chi connectivity index (χ4n) is 8.07. The lowest BCUT2D eigenvalue weighted by molar-refractivity contribution is -0.220. The summed E-state index contributed by atoms with van der Waals surface area (Å²) in [7, 11) is -5.13. The SMILES string of the molecule is CCCCCCCC/C=C/CCCCCCCCCCCCCC(=O)OC[C@@H](COP(=O)(O)OC1C(O)C(O)C(O)[C@H](O)C1O)OC(=O)CC/C=C/CCCCCCCCCCCCC. The molecule has 382 valence electrons. The number of esters is 2. The molecule has 0 radical (unpaired) electrons. The van der Waals surface area contributed by atoms with Crippen molar-refractivity contribution in [3.63, 3.8) is 0 Å². The Morgan fingerprint density at radius 1 is 0.462 bits per heavy atom. The van der Waals surface area contributed by atoms with Crippen molar-refractivity contribution in [3.8, 4) is 0 Å². The van der Waals surface area contributed by atoms with Crippen molar-refractivity contribution >= 4 is 19.8 Å². The molecule has 0 heterocycles. The lowest BCUT2D eigenvalue weighted by atomic mass is 9.85. The molecule has 0 spiro atoms.